The van der Waals surface area contributed by atoms with Gasteiger partial charge in [-0.15, -0.1) is 0 Å². The smallest absolute Gasteiger partial charge is 0.341 e. The molecule has 2 aromatic rings. The van der Waals surface area contributed by atoms with E-state index >= 15 is 0 Å². The van der Waals surface area contributed by atoms with Crippen molar-refractivity contribution >= 4 is 57.8 Å². The molecule has 80 heavy (non-hydrogen) atoms. The summed E-state index contributed by atoms with van der Waals surface area (Å²) in [6.45, 7) is 18.5. The first kappa shape index (κ1) is 60.3. The Kier molecular flexibility index (Phi) is 17.3. The molecule has 1 aliphatic carbocycles. The molecule has 7 fully saturated rings. The zero-order valence-corrected chi connectivity index (χ0v) is 49.0. The van der Waals surface area contributed by atoms with Gasteiger partial charge in [0.25, 0.3) is 5.91 Å². The van der Waals surface area contributed by atoms with Gasteiger partial charge >= 0.3 is 17.9 Å². The number of likely N-dealkylation sites (N-methyl/N-ethyl adjacent to an activating group) is 1. The lowest BCUT2D eigenvalue weighted by atomic mass is 9.69. The standard InChI is InChI=1S/C57H81ClN4O18/c1-14-40-56(10)57(79-56)47(60-53(57)69)29(4)43(64)27(2)24-55(9)48(77-52-46(78-80-55)39(61(11)12)21-28(3)72-52)30(5)45(31(6)51(68)74-40)76-42-25-54(8,70-13)49(32(7)73-42)75-41(63)17-19-71-20-18-59-37-22-34-38(23-36(37)58)62(33-15-16-33)26-35(44(34)65)50(66)67/h22-23,26-33,39-40,42,45-49,52,59H,14-21,24-25H2,1-13H3,(H,60,69)(H,66,67)/t27-,28+,29-,30+,31+,32-,39-,40-,42+,45+,46-,47+,48-,49+,52-,54+,55+,56-,57-/m0/s1. The van der Waals surface area contributed by atoms with Crippen LogP contribution in [-0.2, 0) is 71.6 Å². The number of fused-ring (bicyclic) bond motifs is 3. The monoisotopic (exact) mass is 1140 g/mol. The van der Waals surface area contributed by atoms with Gasteiger partial charge in [0.2, 0.25) is 5.43 Å². The fourth-order valence-corrected chi connectivity index (χ4v) is 13.6. The topological polar surface area (TPSA) is 260 Å². The number of carbonyl (C=O) groups excluding carboxylic acids is 4. The molecule has 444 valence electrons. The van der Waals surface area contributed by atoms with Crippen molar-refractivity contribution in [2.75, 3.05) is 46.3 Å². The van der Waals surface area contributed by atoms with Crippen LogP contribution in [0.3, 0.4) is 0 Å². The molecule has 23 heteroatoms. The number of carboxylic acid groups (broad SMARTS) is 1. The Morgan fingerprint density at radius 3 is 2.35 bits per heavy atom. The lowest BCUT2D eigenvalue weighted by Crippen LogP contribution is -2.72. The van der Waals surface area contributed by atoms with Crippen LogP contribution in [0.15, 0.2) is 23.1 Å². The number of methoxy groups -OCH3 is 1. The molecule has 0 radical (unpaired) electrons. The second-order valence-corrected chi connectivity index (χ2v) is 24.6. The number of epoxide rings is 1. The molecule has 0 unspecified atom stereocenters. The molecule has 1 saturated carbocycles. The summed E-state index contributed by atoms with van der Waals surface area (Å²) in [5.41, 5.74) is -5.04. The molecule has 19 atom stereocenters. The van der Waals surface area contributed by atoms with Crippen LogP contribution in [0.4, 0.5) is 5.69 Å². The van der Waals surface area contributed by atoms with Crippen molar-refractivity contribution in [3.05, 3.63) is 39.1 Å². The van der Waals surface area contributed by atoms with Crippen LogP contribution in [0.5, 0.6) is 0 Å². The fourth-order valence-electron chi connectivity index (χ4n) is 13.4. The number of amides is 1. The number of pyridine rings is 1. The minimum Gasteiger partial charge on any atom is -0.477 e. The molecule has 6 aliphatic heterocycles. The number of carboxylic acids is 1. The second-order valence-electron chi connectivity index (χ2n) is 24.2. The third kappa shape index (κ3) is 11.0. The average Bonchev–Trinajstić information content (AvgIpc) is 4.49. The van der Waals surface area contributed by atoms with Gasteiger partial charge in [0, 0.05) is 61.5 Å². The number of anilines is 1. The quantitative estimate of drug-likeness (QED) is 0.0631. The largest absolute Gasteiger partial charge is 0.477 e. The number of aromatic nitrogens is 1. The van der Waals surface area contributed by atoms with Gasteiger partial charge in [0.1, 0.15) is 34.3 Å². The van der Waals surface area contributed by atoms with E-state index in [0.717, 1.165) is 12.8 Å². The maximum Gasteiger partial charge on any atom is 0.341 e. The van der Waals surface area contributed by atoms with Crippen LogP contribution < -0.4 is 16.1 Å². The van der Waals surface area contributed by atoms with E-state index in [2.05, 4.69) is 10.6 Å². The molecule has 7 heterocycles. The lowest BCUT2D eigenvalue weighted by molar-refractivity contribution is -0.400. The highest BCUT2D eigenvalue weighted by molar-refractivity contribution is 6.34. The molecule has 1 aromatic carbocycles. The van der Waals surface area contributed by atoms with Crippen molar-refractivity contribution in [3.63, 3.8) is 0 Å². The van der Waals surface area contributed by atoms with Crippen molar-refractivity contribution in [1.29, 1.82) is 0 Å². The van der Waals surface area contributed by atoms with Gasteiger partial charge in [-0.25, -0.2) is 14.6 Å². The molecule has 7 aliphatic rings. The van der Waals surface area contributed by atoms with Gasteiger partial charge < -0.3 is 67.8 Å². The molecule has 6 saturated heterocycles. The number of ether oxygens (including phenoxy) is 9. The molecular weight excluding hydrogens is 1060 g/mol. The van der Waals surface area contributed by atoms with Gasteiger partial charge in [-0.1, -0.05) is 39.3 Å². The number of carbonyl (C=O) groups is 5. The summed E-state index contributed by atoms with van der Waals surface area (Å²) < 4.78 is 59.7. The fraction of sp³-hybridized carbons (Fsp3) is 0.754. The molecule has 1 amide bonds. The van der Waals surface area contributed by atoms with Crippen LogP contribution in [0.1, 0.15) is 131 Å². The maximum atomic E-state index is 14.8. The van der Waals surface area contributed by atoms with Crippen molar-refractivity contribution < 1.29 is 81.5 Å². The molecular formula is C57H81ClN4O18. The number of aromatic carboxylic acids is 1. The van der Waals surface area contributed by atoms with Crippen LogP contribution in [-0.4, -0.2) is 175 Å². The summed E-state index contributed by atoms with van der Waals surface area (Å²) in [6.07, 6.45) is -3.31. The number of halogens is 1. The van der Waals surface area contributed by atoms with Crippen LogP contribution in [0.25, 0.3) is 10.9 Å². The Balaban J connectivity index is 0.903. The van der Waals surface area contributed by atoms with Gasteiger partial charge in [0.15, 0.2) is 30.4 Å². The molecule has 0 bridgehead atoms. The number of ketones is 1. The maximum absolute atomic E-state index is 14.8. The third-order valence-electron chi connectivity index (χ3n) is 18.2. The van der Waals surface area contributed by atoms with Crippen molar-refractivity contribution in [3.8, 4) is 0 Å². The van der Waals surface area contributed by atoms with E-state index in [1.807, 2.05) is 53.6 Å². The highest BCUT2D eigenvalue weighted by Crippen LogP contribution is 2.60. The highest BCUT2D eigenvalue weighted by Gasteiger charge is 2.84. The highest BCUT2D eigenvalue weighted by atomic mass is 35.5. The second kappa shape index (κ2) is 23.0. The van der Waals surface area contributed by atoms with Crippen LogP contribution in [0.2, 0.25) is 5.02 Å². The summed E-state index contributed by atoms with van der Waals surface area (Å²) in [5.74, 6) is -6.07. The van der Waals surface area contributed by atoms with Gasteiger partial charge in [-0.2, -0.15) is 0 Å². The Bertz CT molecular complexity index is 2760. The number of nitrogens with zero attached hydrogens (tertiary/aromatic N) is 2. The number of benzene rings is 1. The summed E-state index contributed by atoms with van der Waals surface area (Å²) in [6, 6.07) is 2.48. The van der Waals surface area contributed by atoms with E-state index in [9.17, 15) is 33.9 Å². The Morgan fingerprint density at radius 1 is 0.975 bits per heavy atom. The Morgan fingerprint density at radius 2 is 1.70 bits per heavy atom. The van der Waals surface area contributed by atoms with Crippen LogP contribution in [0, 0.1) is 23.7 Å². The summed E-state index contributed by atoms with van der Waals surface area (Å²) >= 11 is 6.63. The normalized spacial score (nSPS) is 40.3. The molecule has 1 aromatic heterocycles. The van der Waals surface area contributed by atoms with E-state index in [-0.39, 0.29) is 79.8 Å². The predicted octanol–water partition coefficient (Wildman–Crippen LogP) is 5.75. The molecule has 1 spiro atoms. The minimum atomic E-state index is -1.38. The SMILES string of the molecule is CC[C@@H]1OC(=O)[C@H](C)[C@H](O[C@@H]2C[C@@](C)(OC)[C@H](OC(=O)CCOCCNc3cc4c(=O)c(C(=O)O)cn(C5CC5)c4cc3Cl)[C@H](C)O2)[C@@H](C)[C@@H]2O[C@@H]3O[C@H](C)C[C@H](N(C)C)[C@@H]3OO[C@]2(C)C[C@H](C)C(=O)[C@H](C)[C@H]2NC(=O)[C@@]23O[C@@]13C. The first-order valence-corrected chi connectivity index (χ1v) is 28.7. The lowest BCUT2D eigenvalue weighted by Gasteiger charge is -2.48. The zero-order valence-electron chi connectivity index (χ0n) is 48.2. The van der Waals surface area contributed by atoms with Crippen molar-refractivity contribution in [2.45, 2.75) is 210 Å². The number of Topliss-reactive ketones (excluding diaryl/α,β-unsaturated/α-hetero) is 1. The number of hydrogen-bond acceptors (Lipinski definition) is 19. The van der Waals surface area contributed by atoms with Gasteiger partial charge in [-0.05, 0) is 99.9 Å². The third-order valence-corrected chi connectivity index (χ3v) is 18.5. The number of β-lactam (4-membered cyclic amide) rings is 1. The summed E-state index contributed by atoms with van der Waals surface area (Å²) in [4.78, 5) is 96.5. The number of hydrogen-bond donors (Lipinski definition) is 3. The molecule has 3 N–H and O–H groups in total. The number of esters is 2. The zero-order chi connectivity index (χ0) is 58.1. The van der Waals surface area contributed by atoms with E-state index in [0.29, 0.717) is 29.1 Å². The summed E-state index contributed by atoms with van der Waals surface area (Å²) in [5, 5.41) is 16.4. The van der Waals surface area contributed by atoms with Crippen LogP contribution >= 0.6 is 11.6 Å². The van der Waals surface area contributed by atoms with E-state index in [4.69, 9.17) is 64.0 Å². The number of rotatable bonds is 15. The van der Waals surface area contributed by atoms with Gasteiger partial charge in [-0.3, -0.25) is 24.0 Å². The average molecular weight is 1150 g/mol. The van der Waals surface area contributed by atoms with E-state index in [1.165, 1.54) is 13.3 Å². The predicted molar refractivity (Wildman–Crippen MR) is 288 cm³/mol. The Hall–Kier alpha value is -4.33. The van der Waals surface area contributed by atoms with E-state index in [1.54, 1.807) is 51.3 Å². The molecule has 9 rings (SSSR count). The van der Waals surface area contributed by atoms with Gasteiger partial charge in [0.05, 0.1) is 72.2 Å². The van der Waals surface area contributed by atoms with Crippen molar-refractivity contribution in [2.24, 2.45) is 23.7 Å². The van der Waals surface area contributed by atoms with Crippen molar-refractivity contribution in [1.82, 2.24) is 14.8 Å². The molecule has 22 nitrogen and oxygen atoms in total. The minimum absolute atomic E-state index is 0.00808. The number of cyclic esters (lactones) is 1. The Labute approximate surface area is 471 Å². The number of nitrogens with one attached hydrogen (secondary N) is 2. The summed E-state index contributed by atoms with van der Waals surface area (Å²) in [7, 11) is 5.41. The van der Waals surface area contributed by atoms with E-state index < -0.39 is 125 Å². The first-order chi connectivity index (χ1) is 37.7. The first-order valence-electron chi connectivity index (χ1n) is 28.3.